The van der Waals surface area contributed by atoms with Gasteiger partial charge < -0.3 is 11.1 Å². The molecule has 2 aromatic rings. The van der Waals surface area contributed by atoms with E-state index in [1.165, 1.54) is 12.1 Å². The lowest BCUT2D eigenvalue weighted by Crippen LogP contribution is -2.20. The van der Waals surface area contributed by atoms with E-state index in [4.69, 9.17) is 17.3 Å². The quantitative estimate of drug-likeness (QED) is 0.905. The van der Waals surface area contributed by atoms with Crippen molar-refractivity contribution in [3.05, 3.63) is 58.6 Å². The lowest BCUT2D eigenvalue weighted by Gasteiger charge is -2.18. The van der Waals surface area contributed by atoms with E-state index < -0.39 is 0 Å². The summed E-state index contributed by atoms with van der Waals surface area (Å²) in [6.45, 7) is 0. The normalized spacial score (nSPS) is 12.4. The highest BCUT2D eigenvalue weighted by Gasteiger charge is 2.16. The Labute approximate surface area is 116 Å². The van der Waals surface area contributed by atoms with E-state index in [9.17, 15) is 4.39 Å². The number of nitrogens with one attached hydrogen (secondary N) is 1. The first kappa shape index (κ1) is 13.8. The number of anilines is 1. The fraction of sp³-hybridized carbons (Fsp3) is 0.214. The van der Waals surface area contributed by atoms with Gasteiger partial charge in [0.25, 0.3) is 0 Å². The molecule has 0 saturated carbocycles. The number of likely N-dealkylation sites (N-methyl/N-ethyl adjacent to an activating group) is 1. The number of hydrogen-bond donors (Lipinski definition) is 2. The molecule has 0 aliphatic carbocycles. The van der Waals surface area contributed by atoms with E-state index in [0.29, 0.717) is 22.7 Å². The topological polar surface area (TPSA) is 50.9 Å². The van der Waals surface area contributed by atoms with Gasteiger partial charge in [-0.2, -0.15) is 0 Å². The highest BCUT2D eigenvalue weighted by atomic mass is 35.5. The van der Waals surface area contributed by atoms with Crippen LogP contribution in [0.15, 0.2) is 36.7 Å². The van der Waals surface area contributed by atoms with Gasteiger partial charge in [-0.15, -0.1) is 0 Å². The van der Waals surface area contributed by atoms with Crippen molar-refractivity contribution in [3.63, 3.8) is 0 Å². The number of rotatable bonds is 4. The number of nitrogens with zero attached hydrogens (tertiary/aromatic N) is 1. The van der Waals surface area contributed by atoms with Crippen LogP contribution in [0.5, 0.6) is 0 Å². The molecule has 1 aromatic carbocycles. The minimum Gasteiger partial charge on any atom is -0.398 e. The molecule has 3 N–H and O–H groups in total. The van der Waals surface area contributed by atoms with Crippen LogP contribution in [0, 0.1) is 5.82 Å². The van der Waals surface area contributed by atoms with Gasteiger partial charge in [0.05, 0.1) is 0 Å². The zero-order valence-electron chi connectivity index (χ0n) is 10.5. The Morgan fingerprint density at radius 3 is 2.89 bits per heavy atom. The van der Waals surface area contributed by atoms with Crippen LogP contribution in [-0.2, 0) is 6.42 Å². The number of hydrogen-bond acceptors (Lipinski definition) is 3. The van der Waals surface area contributed by atoms with Crippen LogP contribution in [0.3, 0.4) is 0 Å². The summed E-state index contributed by atoms with van der Waals surface area (Å²) in [5, 5.41) is 3.59. The van der Waals surface area contributed by atoms with E-state index in [2.05, 4.69) is 10.3 Å². The highest BCUT2D eigenvalue weighted by Crippen LogP contribution is 2.25. The second-order valence-electron chi connectivity index (χ2n) is 4.29. The van der Waals surface area contributed by atoms with Gasteiger partial charge in [-0.05, 0) is 43.3 Å². The Morgan fingerprint density at radius 2 is 2.21 bits per heavy atom. The van der Waals surface area contributed by atoms with Crippen molar-refractivity contribution < 1.29 is 4.39 Å². The Kier molecular flexibility index (Phi) is 4.35. The number of halogens is 2. The Balaban J connectivity index is 2.30. The maximum atomic E-state index is 13.9. The van der Waals surface area contributed by atoms with Gasteiger partial charge in [0, 0.05) is 34.7 Å². The minimum absolute atomic E-state index is 0.204. The van der Waals surface area contributed by atoms with E-state index in [0.717, 1.165) is 5.56 Å². The van der Waals surface area contributed by atoms with Crippen LogP contribution in [0.1, 0.15) is 17.2 Å². The molecule has 1 atom stereocenters. The average molecular weight is 280 g/mol. The van der Waals surface area contributed by atoms with Gasteiger partial charge in [0.15, 0.2) is 0 Å². The van der Waals surface area contributed by atoms with Gasteiger partial charge in [0.2, 0.25) is 0 Å². The third-order valence-corrected chi connectivity index (χ3v) is 3.28. The van der Waals surface area contributed by atoms with Crippen LogP contribution < -0.4 is 11.1 Å². The first-order valence-corrected chi connectivity index (χ1v) is 6.30. The first-order chi connectivity index (χ1) is 9.11. The summed E-state index contributed by atoms with van der Waals surface area (Å²) in [5.41, 5.74) is 7.93. The van der Waals surface area contributed by atoms with Crippen LogP contribution in [0.4, 0.5) is 10.1 Å². The molecular weight excluding hydrogens is 265 g/mol. The molecule has 0 radical (unpaired) electrons. The van der Waals surface area contributed by atoms with E-state index in [1.807, 2.05) is 0 Å². The smallest absolute Gasteiger partial charge is 0.128 e. The van der Waals surface area contributed by atoms with E-state index in [1.54, 1.807) is 31.6 Å². The molecule has 1 heterocycles. The molecule has 19 heavy (non-hydrogen) atoms. The summed E-state index contributed by atoms with van der Waals surface area (Å²) in [6, 6.07) is 6.06. The van der Waals surface area contributed by atoms with Crippen LogP contribution in [-0.4, -0.2) is 12.0 Å². The number of pyridine rings is 1. The average Bonchev–Trinajstić information content (AvgIpc) is 2.41. The molecule has 0 aliphatic heterocycles. The van der Waals surface area contributed by atoms with Crippen molar-refractivity contribution in [2.45, 2.75) is 12.5 Å². The number of benzene rings is 1. The van der Waals surface area contributed by atoms with Crippen molar-refractivity contribution in [1.29, 1.82) is 0 Å². The summed E-state index contributed by atoms with van der Waals surface area (Å²) < 4.78 is 13.9. The molecule has 0 fully saturated rings. The standard InChI is InChI=1S/C14H15ClFN3/c1-18-14(6-9-8-19-5-4-13(9)17)11-7-10(15)2-3-12(11)16/h2-5,7-8,14,18H,6H2,1H3,(H2,17,19). The molecule has 0 spiro atoms. The minimum atomic E-state index is -0.286. The number of aromatic nitrogens is 1. The maximum Gasteiger partial charge on any atom is 0.128 e. The van der Waals surface area contributed by atoms with Crippen molar-refractivity contribution in [2.24, 2.45) is 0 Å². The number of nitrogen functional groups attached to an aromatic ring is 1. The largest absolute Gasteiger partial charge is 0.398 e. The molecule has 0 bridgehead atoms. The molecular formula is C14H15ClFN3. The molecule has 3 nitrogen and oxygen atoms in total. The van der Waals surface area contributed by atoms with Crippen molar-refractivity contribution in [1.82, 2.24) is 10.3 Å². The van der Waals surface area contributed by atoms with Gasteiger partial charge >= 0.3 is 0 Å². The summed E-state index contributed by atoms with van der Waals surface area (Å²) in [6.07, 6.45) is 3.88. The van der Waals surface area contributed by atoms with Crippen molar-refractivity contribution >= 4 is 17.3 Å². The van der Waals surface area contributed by atoms with Crippen LogP contribution in [0.25, 0.3) is 0 Å². The Bertz CT molecular complexity index is 574. The second-order valence-corrected chi connectivity index (χ2v) is 4.72. The van der Waals surface area contributed by atoms with Crippen molar-refractivity contribution in [2.75, 3.05) is 12.8 Å². The summed E-state index contributed by atoms with van der Waals surface area (Å²) in [5.74, 6) is -0.286. The predicted molar refractivity (Wildman–Crippen MR) is 75.6 cm³/mol. The summed E-state index contributed by atoms with van der Waals surface area (Å²) >= 11 is 5.92. The maximum absolute atomic E-state index is 13.9. The lowest BCUT2D eigenvalue weighted by atomic mass is 9.98. The number of nitrogens with two attached hydrogens (primary N) is 1. The van der Waals surface area contributed by atoms with Crippen LogP contribution >= 0.6 is 11.6 Å². The first-order valence-electron chi connectivity index (χ1n) is 5.92. The van der Waals surface area contributed by atoms with Gasteiger partial charge in [-0.3, -0.25) is 4.98 Å². The third kappa shape index (κ3) is 3.22. The second kappa shape index (κ2) is 5.99. The Hall–Kier alpha value is -1.65. The molecule has 2 rings (SSSR count). The fourth-order valence-corrected chi connectivity index (χ4v) is 2.16. The lowest BCUT2D eigenvalue weighted by molar-refractivity contribution is 0.534. The Morgan fingerprint density at radius 1 is 1.42 bits per heavy atom. The molecule has 0 saturated heterocycles. The third-order valence-electron chi connectivity index (χ3n) is 3.05. The van der Waals surface area contributed by atoms with Crippen molar-refractivity contribution in [3.8, 4) is 0 Å². The molecule has 0 amide bonds. The van der Waals surface area contributed by atoms with Gasteiger partial charge in [-0.25, -0.2) is 4.39 Å². The molecule has 5 heteroatoms. The molecule has 100 valence electrons. The zero-order chi connectivity index (χ0) is 13.8. The summed E-state index contributed by atoms with van der Waals surface area (Å²) in [7, 11) is 1.78. The monoisotopic (exact) mass is 279 g/mol. The predicted octanol–water partition coefficient (Wildman–Crippen LogP) is 2.96. The molecule has 0 aliphatic rings. The van der Waals surface area contributed by atoms with Crippen LogP contribution in [0.2, 0.25) is 5.02 Å². The SMILES string of the molecule is CNC(Cc1cnccc1N)c1cc(Cl)ccc1F. The zero-order valence-corrected chi connectivity index (χ0v) is 11.3. The molecule has 1 aromatic heterocycles. The highest BCUT2D eigenvalue weighted by molar-refractivity contribution is 6.30. The van der Waals surface area contributed by atoms with E-state index in [-0.39, 0.29) is 11.9 Å². The summed E-state index contributed by atoms with van der Waals surface area (Å²) in [4.78, 5) is 4.04. The fourth-order valence-electron chi connectivity index (χ4n) is 1.98. The molecule has 1 unspecified atom stereocenters. The van der Waals surface area contributed by atoms with Gasteiger partial charge in [-0.1, -0.05) is 11.6 Å². The van der Waals surface area contributed by atoms with Gasteiger partial charge in [0.1, 0.15) is 5.82 Å². The van der Waals surface area contributed by atoms with E-state index >= 15 is 0 Å².